The highest BCUT2D eigenvalue weighted by Gasteiger charge is 2.23. The van der Waals surface area contributed by atoms with E-state index in [1.165, 1.54) is 17.7 Å². The maximum atomic E-state index is 12.3. The molecule has 8 nitrogen and oxygen atoms in total. The molecule has 124 valence electrons. The Morgan fingerprint density at radius 2 is 2.29 bits per heavy atom. The molecule has 1 atom stereocenters. The predicted molar refractivity (Wildman–Crippen MR) is 87.3 cm³/mol. The highest BCUT2D eigenvalue weighted by atomic mass is 32.1. The number of carbonyl (C=O) groups excluding carboxylic acids is 1. The molecule has 3 aromatic rings. The first-order valence-electron chi connectivity index (χ1n) is 7.01. The summed E-state index contributed by atoms with van der Waals surface area (Å²) in [5.41, 5.74) is 0.660. The Morgan fingerprint density at radius 3 is 2.96 bits per heavy atom. The number of fused-ring (bicyclic) bond motifs is 1. The van der Waals surface area contributed by atoms with Crippen LogP contribution in [0.1, 0.15) is 9.80 Å². The fraction of sp³-hybridized carbons (Fsp3) is 0.200. The van der Waals surface area contributed by atoms with Crippen LogP contribution in [0.15, 0.2) is 36.9 Å². The largest absolute Gasteiger partial charge is 0.497 e. The first-order valence-corrected chi connectivity index (χ1v) is 7.82. The Morgan fingerprint density at radius 1 is 1.46 bits per heavy atom. The van der Waals surface area contributed by atoms with Gasteiger partial charge in [-0.1, -0.05) is 0 Å². The Hall–Kier alpha value is -2.94. The average Bonchev–Trinajstić information content (AvgIpc) is 3.22. The molecule has 0 aliphatic rings. The zero-order valence-electron chi connectivity index (χ0n) is 12.7. The lowest BCUT2D eigenvalue weighted by Crippen LogP contribution is -2.43. The number of aromatic nitrogens is 3. The van der Waals surface area contributed by atoms with Crippen molar-refractivity contribution in [3.8, 4) is 5.75 Å². The van der Waals surface area contributed by atoms with Gasteiger partial charge in [0.1, 0.15) is 11.8 Å². The molecule has 3 rings (SSSR count). The molecule has 0 aliphatic carbocycles. The summed E-state index contributed by atoms with van der Waals surface area (Å²) < 4.78 is 7.52. The number of imidazole rings is 1. The van der Waals surface area contributed by atoms with Gasteiger partial charge in [-0.3, -0.25) is 4.79 Å². The molecule has 9 heteroatoms. The summed E-state index contributed by atoms with van der Waals surface area (Å²) in [6, 6.07) is 4.21. The van der Waals surface area contributed by atoms with E-state index in [2.05, 4.69) is 15.3 Å². The Balaban J connectivity index is 1.78. The number of carbonyl (C=O) groups is 2. The Bertz CT molecular complexity index is 875. The number of rotatable bonds is 6. The van der Waals surface area contributed by atoms with Gasteiger partial charge in [0.05, 0.1) is 30.2 Å². The van der Waals surface area contributed by atoms with Gasteiger partial charge in [-0.05, 0) is 18.2 Å². The molecule has 1 amide bonds. The van der Waals surface area contributed by atoms with E-state index >= 15 is 0 Å². The molecule has 0 saturated carbocycles. The number of amides is 1. The standard InChI is InChI=1S/C15H14N4O4S/c1-23-9-2-3-10-12(6-9)24-14(18-10)13(20)17-11(15(21)22)7-19-5-4-16-8-19/h2-6,8,11H,7H2,1H3,(H,17,20)(H,21,22). The van der Waals surface area contributed by atoms with Gasteiger partial charge in [-0.15, -0.1) is 11.3 Å². The highest BCUT2D eigenvalue weighted by molar-refractivity contribution is 7.20. The number of thiazole rings is 1. The van der Waals surface area contributed by atoms with E-state index in [1.54, 1.807) is 42.3 Å². The van der Waals surface area contributed by atoms with Crippen LogP contribution >= 0.6 is 11.3 Å². The summed E-state index contributed by atoms with van der Waals surface area (Å²) in [6.07, 6.45) is 4.67. The molecular weight excluding hydrogens is 332 g/mol. The van der Waals surface area contributed by atoms with E-state index in [9.17, 15) is 14.7 Å². The number of carboxylic acid groups (broad SMARTS) is 1. The first-order chi connectivity index (χ1) is 11.6. The van der Waals surface area contributed by atoms with Crippen molar-refractivity contribution < 1.29 is 19.4 Å². The van der Waals surface area contributed by atoms with Crippen molar-refractivity contribution in [3.63, 3.8) is 0 Å². The zero-order chi connectivity index (χ0) is 17.1. The average molecular weight is 346 g/mol. The SMILES string of the molecule is COc1ccc2nc(C(=O)NC(Cn3ccnc3)C(=O)O)sc2c1. The normalized spacial score (nSPS) is 12.0. The summed E-state index contributed by atoms with van der Waals surface area (Å²) in [6.45, 7) is 0.0831. The molecule has 2 N–H and O–H groups in total. The molecule has 2 aromatic heterocycles. The first kappa shape index (κ1) is 15.9. The van der Waals surface area contributed by atoms with E-state index in [0.717, 1.165) is 4.70 Å². The smallest absolute Gasteiger partial charge is 0.328 e. The number of nitrogens with zero attached hydrogens (tertiary/aromatic N) is 3. The summed E-state index contributed by atoms with van der Waals surface area (Å²) in [7, 11) is 1.56. The zero-order valence-corrected chi connectivity index (χ0v) is 13.5. The van der Waals surface area contributed by atoms with Crippen LogP contribution in [0.2, 0.25) is 0 Å². The topological polar surface area (TPSA) is 106 Å². The minimum absolute atomic E-state index is 0.0831. The van der Waals surface area contributed by atoms with Crippen molar-refractivity contribution >= 4 is 33.4 Å². The highest BCUT2D eigenvalue weighted by Crippen LogP contribution is 2.26. The number of benzene rings is 1. The fourth-order valence-electron chi connectivity index (χ4n) is 2.14. The second kappa shape index (κ2) is 6.67. The van der Waals surface area contributed by atoms with Gasteiger partial charge in [0.25, 0.3) is 5.91 Å². The monoisotopic (exact) mass is 346 g/mol. The quantitative estimate of drug-likeness (QED) is 0.698. The van der Waals surface area contributed by atoms with Gasteiger partial charge in [0.15, 0.2) is 5.01 Å². The van der Waals surface area contributed by atoms with E-state index in [4.69, 9.17) is 4.74 Å². The molecular formula is C15H14N4O4S. The van der Waals surface area contributed by atoms with Gasteiger partial charge >= 0.3 is 5.97 Å². The Labute approximate surface area is 140 Å². The molecule has 1 aromatic carbocycles. The Kier molecular flexibility index (Phi) is 4.43. The van der Waals surface area contributed by atoms with Gasteiger partial charge in [-0.2, -0.15) is 0 Å². The molecule has 0 radical (unpaired) electrons. The third-order valence-electron chi connectivity index (χ3n) is 3.35. The fourth-order valence-corrected chi connectivity index (χ4v) is 3.04. The third-order valence-corrected chi connectivity index (χ3v) is 4.36. The van der Waals surface area contributed by atoms with Crippen LogP contribution in [0.4, 0.5) is 0 Å². The summed E-state index contributed by atoms with van der Waals surface area (Å²) >= 11 is 1.18. The van der Waals surface area contributed by atoms with Gasteiger partial charge in [0, 0.05) is 12.4 Å². The van der Waals surface area contributed by atoms with Crippen LogP contribution in [-0.2, 0) is 11.3 Å². The summed E-state index contributed by atoms with van der Waals surface area (Å²) in [5, 5.41) is 12.0. The lowest BCUT2D eigenvalue weighted by Gasteiger charge is -2.13. The van der Waals surface area contributed by atoms with E-state index in [1.807, 2.05) is 0 Å². The molecule has 2 heterocycles. The summed E-state index contributed by atoms with van der Waals surface area (Å²) in [4.78, 5) is 31.8. The predicted octanol–water partition coefficient (Wildman–Crippen LogP) is 1.38. The van der Waals surface area contributed by atoms with Crippen LogP contribution in [-0.4, -0.2) is 44.7 Å². The maximum absolute atomic E-state index is 12.3. The second-order valence-electron chi connectivity index (χ2n) is 4.98. The van der Waals surface area contributed by atoms with Crippen LogP contribution < -0.4 is 10.1 Å². The number of ether oxygens (including phenoxy) is 1. The van der Waals surface area contributed by atoms with E-state index in [0.29, 0.717) is 11.3 Å². The molecule has 1 unspecified atom stereocenters. The van der Waals surface area contributed by atoms with Gasteiger partial charge in [0.2, 0.25) is 0 Å². The van der Waals surface area contributed by atoms with E-state index in [-0.39, 0.29) is 11.6 Å². The van der Waals surface area contributed by atoms with Crippen molar-refractivity contribution in [1.82, 2.24) is 19.9 Å². The third kappa shape index (κ3) is 3.35. The number of carboxylic acids is 1. The molecule has 0 spiro atoms. The van der Waals surface area contributed by atoms with Crippen LogP contribution in [0.3, 0.4) is 0 Å². The number of nitrogens with one attached hydrogen (secondary N) is 1. The number of methoxy groups -OCH3 is 1. The molecule has 0 fully saturated rings. The van der Waals surface area contributed by atoms with E-state index < -0.39 is 17.9 Å². The minimum Gasteiger partial charge on any atom is -0.497 e. The molecule has 24 heavy (non-hydrogen) atoms. The second-order valence-corrected chi connectivity index (χ2v) is 6.01. The summed E-state index contributed by atoms with van der Waals surface area (Å²) in [5.74, 6) is -0.982. The molecule has 0 aliphatic heterocycles. The van der Waals surface area contributed by atoms with Gasteiger partial charge < -0.3 is 19.7 Å². The number of hydrogen-bond donors (Lipinski definition) is 2. The van der Waals surface area contributed by atoms with Crippen molar-refractivity contribution in [3.05, 3.63) is 41.9 Å². The lowest BCUT2D eigenvalue weighted by molar-refractivity contribution is -0.139. The number of hydrogen-bond acceptors (Lipinski definition) is 6. The molecule has 0 bridgehead atoms. The van der Waals surface area contributed by atoms with Crippen LogP contribution in [0, 0.1) is 0 Å². The van der Waals surface area contributed by atoms with Crippen LogP contribution in [0.25, 0.3) is 10.2 Å². The lowest BCUT2D eigenvalue weighted by atomic mass is 10.3. The van der Waals surface area contributed by atoms with Crippen molar-refractivity contribution in [2.24, 2.45) is 0 Å². The van der Waals surface area contributed by atoms with Crippen molar-refractivity contribution in [1.29, 1.82) is 0 Å². The minimum atomic E-state index is -1.13. The van der Waals surface area contributed by atoms with Crippen LogP contribution in [0.5, 0.6) is 5.75 Å². The van der Waals surface area contributed by atoms with Crippen molar-refractivity contribution in [2.75, 3.05) is 7.11 Å². The van der Waals surface area contributed by atoms with Crippen molar-refractivity contribution in [2.45, 2.75) is 12.6 Å². The number of aliphatic carboxylic acids is 1. The maximum Gasteiger partial charge on any atom is 0.328 e. The van der Waals surface area contributed by atoms with Gasteiger partial charge in [-0.25, -0.2) is 14.8 Å². The molecule has 0 saturated heterocycles.